The van der Waals surface area contributed by atoms with Gasteiger partial charge in [0.25, 0.3) is 5.56 Å². The van der Waals surface area contributed by atoms with E-state index in [-0.39, 0.29) is 17.9 Å². The number of benzene rings is 1. The molecule has 6 nitrogen and oxygen atoms in total. The van der Waals surface area contributed by atoms with Gasteiger partial charge in [-0.1, -0.05) is 23.7 Å². The van der Waals surface area contributed by atoms with Crippen molar-refractivity contribution in [1.29, 1.82) is 0 Å². The fourth-order valence-electron chi connectivity index (χ4n) is 2.91. The van der Waals surface area contributed by atoms with Crippen LogP contribution in [-0.4, -0.2) is 19.1 Å². The molecule has 0 saturated carbocycles. The fourth-order valence-corrected chi connectivity index (χ4v) is 3.02. The van der Waals surface area contributed by atoms with Gasteiger partial charge in [-0.2, -0.15) is 4.98 Å². The van der Waals surface area contributed by atoms with Gasteiger partial charge in [0.15, 0.2) is 5.82 Å². The summed E-state index contributed by atoms with van der Waals surface area (Å²) in [6.45, 7) is 0.269. The van der Waals surface area contributed by atoms with E-state index in [9.17, 15) is 18.4 Å². The fraction of sp³-hybridized carbons (Fsp3) is 0.0526. The zero-order chi connectivity index (χ0) is 19.8. The van der Waals surface area contributed by atoms with Gasteiger partial charge in [0.1, 0.15) is 22.5 Å². The van der Waals surface area contributed by atoms with E-state index in [1.807, 2.05) is 0 Å². The monoisotopic (exact) mass is 400 g/mol. The van der Waals surface area contributed by atoms with Crippen molar-refractivity contribution in [3.8, 4) is 17.1 Å². The molecule has 140 valence electrons. The lowest BCUT2D eigenvalue weighted by atomic mass is 10.2. The predicted octanol–water partition coefficient (Wildman–Crippen LogP) is 2.87. The normalized spacial score (nSPS) is 11.1. The first-order valence-electron chi connectivity index (χ1n) is 8.13. The maximum absolute atomic E-state index is 14.1. The largest absolute Gasteiger partial charge is 0.357 e. The highest BCUT2D eigenvalue weighted by Crippen LogP contribution is 2.19. The van der Waals surface area contributed by atoms with Crippen LogP contribution in [0.5, 0.6) is 0 Å². The number of hydrogen-bond donors (Lipinski definition) is 0. The maximum Gasteiger partial charge on any atom is 0.357 e. The average molecular weight is 401 g/mol. The molecular formula is C19H11ClF2N4O2. The first kappa shape index (κ1) is 18.0. The van der Waals surface area contributed by atoms with Crippen LogP contribution in [0.25, 0.3) is 17.1 Å². The summed E-state index contributed by atoms with van der Waals surface area (Å²) in [6, 6.07) is 9.46. The van der Waals surface area contributed by atoms with Gasteiger partial charge >= 0.3 is 5.69 Å². The van der Waals surface area contributed by atoms with Gasteiger partial charge in [0.05, 0.1) is 12.1 Å². The van der Waals surface area contributed by atoms with E-state index < -0.39 is 28.6 Å². The summed E-state index contributed by atoms with van der Waals surface area (Å²) in [5.74, 6) is -1.96. The summed E-state index contributed by atoms with van der Waals surface area (Å²) in [5.41, 5.74) is -1.87. The number of fused-ring (bicyclic) bond motifs is 1. The molecule has 0 radical (unpaired) electrons. The summed E-state index contributed by atoms with van der Waals surface area (Å²) in [5, 5.41) is 0.335. The molecule has 2 aliphatic rings. The molecule has 9 heteroatoms. The van der Waals surface area contributed by atoms with E-state index >= 15 is 0 Å². The molecule has 0 amide bonds. The van der Waals surface area contributed by atoms with Crippen molar-refractivity contribution in [2.24, 2.45) is 0 Å². The summed E-state index contributed by atoms with van der Waals surface area (Å²) in [7, 11) is 0. The molecule has 2 aliphatic heterocycles. The van der Waals surface area contributed by atoms with Gasteiger partial charge in [-0.05, 0) is 35.9 Å². The highest BCUT2D eigenvalue weighted by atomic mass is 35.5. The summed E-state index contributed by atoms with van der Waals surface area (Å²) in [6.07, 6.45) is 3.19. The molecule has 28 heavy (non-hydrogen) atoms. The van der Waals surface area contributed by atoms with Crippen LogP contribution in [0.1, 0.15) is 5.56 Å². The number of hydrogen-bond acceptors (Lipinski definition) is 4. The zero-order valence-electron chi connectivity index (χ0n) is 14.1. The van der Waals surface area contributed by atoms with Crippen molar-refractivity contribution < 1.29 is 8.78 Å². The maximum atomic E-state index is 14.1. The first-order chi connectivity index (χ1) is 13.5. The highest BCUT2D eigenvalue weighted by molar-refractivity contribution is 6.29. The van der Waals surface area contributed by atoms with Crippen molar-refractivity contribution in [3.05, 3.63) is 98.0 Å². The number of pyridine rings is 2. The van der Waals surface area contributed by atoms with E-state index in [4.69, 9.17) is 11.6 Å². The Morgan fingerprint density at radius 1 is 1.00 bits per heavy atom. The van der Waals surface area contributed by atoms with Crippen molar-refractivity contribution in [2.75, 3.05) is 0 Å². The van der Waals surface area contributed by atoms with Gasteiger partial charge in [-0.25, -0.2) is 23.1 Å². The predicted molar refractivity (Wildman–Crippen MR) is 99.0 cm³/mol. The van der Waals surface area contributed by atoms with E-state index in [1.165, 1.54) is 6.07 Å². The Morgan fingerprint density at radius 3 is 2.43 bits per heavy atom. The standard InChI is InChI=1S/C19H11ClF2N4O2/c20-15-7-6-11(9-23-15)10-25-8-2-3-12-17(25)24-19(28)26(18(12)27)16-13(21)4-1-5-14(16)22/h1-9H,10H2. The number of nitrogens with zero attached hydrogens (tertiary/aromatic N) is 4. The third-order valence-corrected chi connectivity index (χ3v) is 4.39. The van der Waals surface area contributed by atoms with Crippen LogP contribution < -0.4 is 11.2 Å². The second-order valence-corrected chi connectivity index (χ2v) is 6.35. The highest BCUT2D eigenvalue weighted by Gasteiger charge is 2.22. The molecule has 2 aromatic rings. The lowest BCUT2D eigenvalue weighted by molar-refractivity contribution is 0.561. The molecule has 0 fully saturated rings. The molecule has 0 aliphatic carbocycles. The molecule has 4 rings (SSSR count). The molecule has 0 N–H and O–H groups in total. The third kappa shape index (κ3) is 3.07. The van der Waals surface area contributed by atoms with E-state index in [0.29, 0.717) is 9.72 Å². The number of rotatable bonds is 3. The van der Waals surface area contributed by atoms with Gasteiger partial charge < -0.3 is 4.57 Å². The minimum absolute atomic E-state index is 0.0478. The van der Waals surface area contributed by atoms with E-state index in [1.54, 1.807) is 35.2 Å². The van der Waals surface area contributed by atoms with Gasteiger partial charge in [0, 0.05) is 12.4 Å². The summed E-state index contributed by atoms with van der Waals surface area (Å²) >= 11 is 5.78. The summed E-state index contributed by atoms with van der Waals surface area (Å²) < 4.78 is 30.2. The van der Waals surface area contributed by atoms with Crippen LogP contribution in [-0.2, 0) is 6.54 Å². The lowest BCUT2D eigenvalue weighted by Crippen LogP contribution is -2.37. The Morgan fingerprint density at radius 2 is 1.75 bits per heavy atom. The van der Waals surface area contributed by atoms with Gasteiger partial charge in [-0.15, -0.1) is 0 Å². The minimum Gasteiger partial charge on any atom is -0.328 e. The molecule has 0 saturated heterocycles. The Hall–Kier alpha value is -3.39. The molecular weight excluding hydrogens is 390 g/mol. The van der Waals surface area contributed by atoms with Crippen LogP contribution in [0.15, 0.2) is 64.4 Å². The molecule has 0 bridgehead atoms. The molecule has 0 spiro atoms. The molecule has 1 aromatic heterocycles. The van der Waals surface area contributed by atoms with E-state index in [0.717, 1.165) is 23.8 Å². The van der Waals surface area contributed by atoms with E-state index in [2.05, 4.69) is 9.97 Å². The Balaban J connectivity index is 1.91. The van der Waals surface area contributed by atoms with Crippen LogP contribution >= 0.6 is 11.6 Å². The average Bonchev–Trinajstić information content (AvgIpc) is 2.66. The second kappa shape index (κ2) is 6.97. The smallest absolute Gasteiger partial charge is 0.328 e. The van der Waals surface area contributed by atoms with Crippen LogP contribution in [0.4, 0.5) is 8.78 Å². The molecule has 3 heterocycles. The lowest BCUT2D eigenvalue weighted by Gasteiger charge is -2.15. The first-order valence-corrected chi connectivity index (χ1v) is 8.50. The Labute approximate surface area is 161 Å². The minimum atomic E-state index is -1.07. The number of aromatic nitrogens is 4. The molecule has 0 unspecified atom stereocenters. The summed E-state index contributed by atoms with van der Waals surface area (Å²) in [4.78, 5) is 33.2. The van der Waals surface area contributed by atoms with Gasteiger partial charge in [0.2, 0.25) is 0 Å². The van der Waals surface area contributed by atoms with Crippen molar-refractivity contribution in [3.63, 3.8) is 0 Å². The van der Waals surface area contributed by atoms with Crippen LogP contribution in [0, 0.1) is 11.6 Å². The SMILES string of the molecule is O=c1nc2n(Cc3ccc(Cl)nc3)cccc-2c(=O)n1-c1c(F)cccc1F. The number of halogens is 3. The Bertz CT molecular complexity index is 1250. The Kier molecular flexibility index (Phi) is 4.48. The molecule has 1 aromatic carbocycles. The topological polar surface area (TPSA) is 69.8 Å². The second-order valence-electron chi connectivity index (χ2n) is 5.97. The quantitative estimate of drug-likeness (QED) is 0.496. The zero-order valence-corrected chi connectivity index (χ0v) is 14.9. The van der Waals surface area contributed by atoms with Crippen molar-refractivity contribution >= 4 is 11.6 Å². The van der Waals surface area contributed by atoms with Crippen LogP contribution in [0.2, 0.25) is 5.15 Å². The van der Waals surface area contributed by atoms with Crippen molar-refractivity contribution in [1.82, 2.24) is 19.1 Å². The number of para-hydroxylation sites is 1. The van der Waals surface area contributed by atoms with Crippen LogP contribution in [0.3, 0.4) is 0 Å². The van der Waals surface area contributed by atoms with Crippen molar-refractivity contribution in [2.45, 2.75) is 6.54 Å². The van der Waals surface area contributed by atoms with Gasteiger partial charge in [-0.3, -0.25) is 4.79 Å². The third-order valence-electron chi connectivity index (χ3n) is 4.17. The molecule has 0 atom stereocenters.